The summed E-state index contributed by atoms with van der Waals surface area (Å²) in [6.45, 7) is 20.1. The van der Waals surface area contributed by atoms with Gasteiger partial charge in [-0.2, -0.15) is 0 Å². The molecule has 0 saturated carbocycles. The summed E-state index contributed by atoms with van der Waals surface area (Å²) in [4.78, 5) is 11.9. The number of nitrogens with one attached hydrogen (secondary N) is 1. The molecular weight excluding hydrogens is 392 g/mol. The predicted octanol–water partition coefficient (Wildman–Crippen LogP) is 7.38. The summed E-state index contributed by atoms with van der Waals surface area (Å²) >= 11 is 0. The van der Waals surface area contributed by atoms with E-state index in [0.29, 0.717) is 0 Å². The molecule has 2 aromatic rings. The quantitative estimate of drug-likeness (QED) is 0.281. The summed E-state index contributed by atoms with van der Waals surface area (Å²) in [5.41, 5.74) is 8.36. The van der Waals surface area contributed by atoms with Gasteiger partial charge in [0.15, 0.2) is 0 Å². The molecule has 1 aromatic carbocycles. The third-order valence-corrected chi connectivity index (χ3v) is 5.55. The van der Waals surface area contributed by atoms with Crippen molar-refractivity contribution in [1.82, 2.24) is 9.88 Å². The number of anilines is 1. The Bertz CT molecular complexity index is 932. The molecule has 2 rings (SSSR count). The smallest absolute Gasteiger partial charge is 0.0814 e. The lowest BCUT2D eigenvalue weighted by atomic mass is 10.0. The molecule has 0 bridgehead atoms. The van der Waals surface area contributed by atoms with Crippen LogP contribution in [0.15, 0.2) is 65.6 Å². The van der Waals surface area contributed by atoms with Crippen molar-refractivity contribution in [3.8, 4) is 11.1 Å². The fourth-order valence-corrected chi connectivity index (χ4v) is 3.57. The van der Waals surface area contributed by atoms with Crippen LogP contribution in [0.25, 0.3) is 11.1 Å². The lowest BCUT2D eigenvalue weighted by molar-refractivity contribution is 0.263. The molecule has 4 heteroatoms. The second-order valence-corrected chi connectivity index (χ2v) is 8.32. The van der Waals surface area contributed by atoms with Crippen molar-refractivity contribution < 1.29 is 0 Å². The van der Waals surface area contributed by atoms with E-state index in [1.807, 2.05) is 26.1 Å². The van der Waals surface area contributed by atoms with Crippen molar-refractivity contribution in [3.63, 3.8) is 0 Å². The molecule has 4 nitrogen and oxygen atoms in total. The van der Waals surface area contributed by atoms with Crippen LogP contribution in [0.3, 0.4) is 0 Å². The molecule has 0 spiro atoms. The van der Waals surface area contributed by atoms with Gasteiger partial charge in [-0.05, 0) is 76.4 Å². The zero-order chi connectivity index (χ0) is 23.5. The van der Waals surface area contributed by atoms with Crippen LogP contribution in [0.1, 0.15) is 65.1 Å². The number of allylic oxidation sites excluding steroid dienone is 1. The first-order chi connectivity index (χ1) is 15.4. The van der Waals surface area contributed by atoms with Crippen molar-refractivity contribution in [2.75, 3.05) is 18.4 Å². The van der Waals surface area contributed by atoms with E-state index in [1.165, 1.54) is 18.4 Å². The first-order valence-electron chi connectivity index (χ1n) is 11.9. The molecule has 0 radical (unpaired) electrons. The van der Waals surface area contributed by atoms with Gasteiger partial charge in [0.05, 0.1) is 17.1 Å². The standard InChI is InChI=1S/C28H40N4/c1-8-16-32(17-9-2)20-26-15-14-25(19-29-26)24-13-12-21(5)28(18-24)31-23(7)27(11-4)30-22(6)10-3/h11-15,18-19,31H,7-10,16-17,20H2,1-6H3/b27-11-,30-22-. The number of hydrogen-bond acceptors (Lipinski definition) is 4. The second kappa shape index (κ2) is 13.0. The number of benzene rings is 1. The Morgan fingerprint density at radius 3 is 2.34 bits per heavy atom. The number of aromatic nitrogens is 1. The minimum absolute atomic E-state index is 0.806. The average molecular weight is 433 g/mol. The zero-order valence-corrected chi connectivity index (χ0v) is 20.8. The van der Waals surface area contributed by atoms with Gasteiger partial charge in [0, 0.05) is 29.7 Å². The summed E-state index contributed by atoms with van der Waals surface area (Å²) in [6, 6.07) is 10.8. The molecule has 0 amide bonds. The number of pyridine rings is 1. The molecule has 1 aromatic heterocycles. The second-order valence-electron chi connectivity index (χ2n) is 8.32. The predicted molar refractivity (Wildman–Crippen MR) is 140 cm³/mol. The van der Waals surface area contributed by atoms with E-state index in [0.717, 1.165) is 65.7 Å². The van der Waals surface area contributed by atoms with Crippen molar-refractivity contribution in [2.24, 2.45) is 4.99 Å². The Labute approximate surface area is 195 Å². The molecule has 1 heterocycles. The van der Waals surface area contributed by atoms with Crippen LogP contribution in [-0.4, -0.2) is 28.7 Å². The van der Waals surface area contributed by atoms with Crippen LogP contribution in [0, 0.1) is 6.92 Å². The highest BCUT2D eigenvalue weighted by Crippen LogP contribution is 2.27. The molecule has 0 unspecified atom stereocenters. The lowest BCUT2D eigenvalue weighted by Crippen LogP contribution is -2.25. The van der Waals surface area contributed by atoms with E-state index >= 15 is 0 Å². The van der Waals surface area contributed by atoms with Crippen molar-refractivity contribution >= 4 is 11.4 Å². The third-order valence-electron chi connectivity index (χ3n) is 5.55. The molecule has 0 atom stereocenters. The average Bonchev–Trinajstić information content (AvgIpc) is 2.79. The minimum Gasteiger partial charge on any atom is -0.354 e. The molecule has 32 heavy (non-hydrogen) atoms. The van der Waals surface area contributed by atoms with Crippen LogP contribution in [0.5, 0.6) is 0 Å². The highest BCUT2D eigenvalue weighted by Gasteiger charge is 2.09. The van der Waals surface area contributed by atoms with E-state index in [2.05, 4.69) is 79.8 Å². The van der Waals surface area contributed by atoms with E-state index < -0.39 is 0 Å². The Hall–Kier alpha value is -2.72. The fourth-order valence-electron chi connectivity index (χ4n) is 3.57. The highest BCUT2D eigenvalue weighted by atomic mass is 15.1. The number of aliphatic imine (C=N–C) groups is 1. The number of nitrogens with zero attached hydrogens (tertiary/aromatic N) is 3. The maximum absolute atomic E-state index is 4.75. The number of aryl methyl sites for hydroxylation is 1. The van der Waals surface area contributed by atoms with Gasteiger partial charge < -0.3 is 5.32 Å². The van der Waals surface area contributed by atoms with E-state index in [9.17, 15) is 0 Å². The largest absolute Gasteiger partial charge is 0.354 e. The van der Waals surface area contributed by atoms with Gasteiger partial charge >= 0.3 is 0 Å². The van der Waals surface area contributed by atoms with E-state index in [4.69, 9.17) is 4.98 Å². The minimum atomic E-state index is 0.806. The van der Waals surface area contributed by atoms with Gasteiger partial charge in [0.25, 0.3) is 0 Å². The van der Waals surface area contributed by atoms with Crippen molar-refractivity contribution in [2.45, 2.75) is 67.3 Å². The van der Waals surface area contributed by atoms with Gasteiger partial charge in [-0.3, -0.25) is 14.9 Å². The van der Waals surface area contributed by atoms with Gasteiger partial charge in [0.1, 0.15) is 0 Å². The molecule has 0 aliphatic carbocycles. The first kappa shape index (κ1) is 25.5. The van der Waals surface area contributed by atoms with E-state index in [-0.39, 0.29) is 0 Å². The Morgan fingerprint density at radius 1 is 1.09 bits per heavy atom. The Balaban J connectivity index is 2.19. The van der Waals surface area contributed by atoms with Crippen LogP contribution in [-0.2, 0) is 6.54 Å². The summed E-state index contributed by atoms with van der Waals surface area (Å²) in [5.74, 6) is 0. The monoisotopic (exact) mass is 432 g/mol. The molecule has 0 aliphatic heterocycles. The van der Waals surface area contributed by atoms with Crippen molar-refractivity contribution in [3.05, 3.63) is 71.8 Å². The third kappa shape index (κ3) is 7.45. The van der Waals surface area contributed by atoms with Gasteiger partial charge in [-0.1, -0.05) is 51.6 Å². The maximum atomic E-state index is 4.75. The summed E-state index contributed by atoms with van der Waals surface area (Å²) < 4.78 is 0. The van der Waals surface area contributed by atoms with Gasteiger partial charge in [-0.25, -0.2) is 0 Å². The SMILES string of the molecule is C=C(Nc1cc(-c2ccc(CN(CCC)CCC)nc2)ccc1C)C(=C/C)/N=C(/C)CC. The molecule has 0 aliphatic rings. The zero-order valence-electron chi connectivity index (χ0n) is 20.8. The summed E-state index contributed by atoms with van der Waals surface area (Å²) in [6.07, 6.45) is 7.25. The first-order valence-corrected chi connectivity index (χ1v) is 11.9. The normalized spacial score (nSPS) is 12.3. The lowest BCUT2D eigenvalue weighted by Gasteiger charge is -2.20. The van der Waals surface area contributed by atoms with Gasteiger partial charge in [0.2, 0.25) is 0 Å². The Morgan fingerprint density at radius 2 is 1.78 bits per heavy atom. The molecular formula is C28H40N4. The maximum Gasteiger partial charge on any atom is 0.0814 e. The molecule has 0 fully saturated rings. The van der Waals surface area contributed by atoms with Crippen LogP contribution in [0.2, 0.25) is 0 Å². The summed E-state index contributed by atoms with van der Waals surface area (Å²) in [5, 5.41) is 3.47. The number of hydrogen-bond donors (Lipinski definition) is 1. The van der Waals surface area contributed by atoms with Crippen LogP contribution in [0.4, 0.5) is 5.69 Å². The van der Waals surface area contributed by atoms with Crippen molar-refractivity contribution in [1.29, 1.82) is 0 Å². The van der Waals surface area contributed by atoms with Gasteiger partial charge in [-0.15, -0.1) is 0 Å². The highest BCUT2D eigenvalue weighted by molar-refractivity contribution is 5.83. The topological polar surface area (TPSA) is 40.5 Å². The van der Waals surface area contributed by atoms with E-state index in [1.54, 1.807) is 0 Å². The summed E-state index contributed by atoms with van der Waals surface area (Å²) in [7, 11) is 0. The Kier molecular flexibility index (Phi) is 10.4. The fraction of sp³-hybridized carbons (Fsp3) is 0.429. The molecule has 172 valence electrons. The van der Waals surface area contributed by atoms with Crippen LogP contribution >= 0.6 is 0 Å². The number of rotatable bonds is 12. The molecule has 0 saturated heterocycles. The van der Waals surface area contributed by atoms with Crippen LogP contribution < -0.4 is 5.32 Å². The molecule has 1 N–H and O–H groups in total.